The third-order valence-corrected chi connectivity index (χ3v) is 5.63. The lowest BCUT2D eigenvalue weighted by molar-refractivity contribution is -0.163. The van der Waals surface area contributed by atoms with Crippen molar-refractivity contribution in [2.75, 3.05) is 13.1 Å². The smallest absolute Gasteiger partial charge is 0.411 e. The number of nitrogens with zero attached hydrogens (tertiary/aromatic N) is 2. The predicted octanol–water partition coefficient (Wildman–Crippen LogP) is 4.50. The summed E-state index contributed by atoms with van der Waals surface area (Å²) in [5, 5.41) is 0. The van der Waals surface area contributed by atoms with Crippen molar-refractivity contribution >= 4 is 12.0 Å². The van der Waals surface area contributed by atoms with Gasteiger partial charge in [0.25, 0.3) is 5.91 Å². The van der Waals surface area contributed by atoms with Crippen molar-refractivity contribution in [3.05, 3.63) is 71.8 Å². The molecule has 2 amide bonds. The number of hydrogen-bond donors (Lipinski definition) is 0. The van der Waals surface area contributed by atoms with Crippen LogP contribution >= 0.6 is 0 Å². The second kappa shape index (κ2) is 7.21. The fourth-order valence-corrected chi connectivity index (χ4v) is 4.08. The summed E-state index contributed by atoms with van der Waals surface area (Å²) in [5.41, 5.74) is -0.242. The third kappa shape index (κ3) is 3.39. The van der Waals surface area contributed by atoms with Crippen LogP contribution in [0.15, 0.2) is 60.7 Å². The largest absolute Gasteiger partial charge is 0.444 e. The first kappa shape index (κ1) is 18.2. The molecule has 29 heavy (non-hydrogen) atoms. The average molecular weight is 394 g/mol. The number of rotatable bonds is 3. The van der Waals surface area contributed by atoms with Gasteiger partial charge in [-0.05, 0) is 38.3 Å². The lowest BCUT2D eigenvalue weighted by Crippen LogP contribution is -2.69. The summed E-state index contributed by atoms with van der Waals surface area (Å²) >= 11 is 0. The second-order valence-corrected chi connectivity index (χ2v) is 8.63. The van der Waals surface area contributed by atoms with Gasteiger partial charge >= 0.3 is 6.09 Å². The van der Waals surface area contributed by atoms with Gasteiger partial charge in [0, 0.05) is 19.5 Å². The van der Waals surface area contributed by atoms with Crippen molar-refractivity contribution in [1.82, 2.24) is 9.80 Å². The maximum Gasteiger partial charge on any atom is 0.411 e. The molecule has 0 aromatic heterocycles. The van der Waals surface area contributed by atoms with E-state index in [0.717, 1.165) is 11.1 Å². The van der Waals surface area contributed by atoms with Gasteiger partial charge in [0.15, 0.2) is 5.54 Å². The summed E-state index contributed by atoms with van der Waals surface area (Å²) in [7, 11) is 0. The van der Waals surface area contributed by atoms with Gasteiger partial charge < -0.3 is 9.64 Å². The standard InChI is InChI=1S/C24H28N2O3/c1-23(2,3)29-22(28)26-17-15-24(26,19-12-8-5-9-13-19)21(27)25-16-14-20(25)18-10-6-4-7-11-18/h4-13,20H,14-17H2,1-3H3/t20-,24-/m1/s1/i20D. The fraction of sp³-hybridized carbons (Fsp3) is 0.417. The molecule has 5 nitrogen and oxygen atoms in total. The molecule has 2 aromatic rings. The van der Waals surface area contributed by atoms with Crippen molar-refractivity contribution in [1.29, 1.82) is 0 Å². The Kier molecular flexibility index (Phi) is 4.53. The van der Waals surface area contributed by atoms with Crippen molar-refractivity contribution in [3.8, 4) is 0 Å². The Balaban J connectivity index is 1.71. The molecule has 0 radical (unpaired) electrons. The Hall–Kier alpha value is -2.82. The van der Waals surface area contributed by atoms with Gasteiger partial charge in [0.1, 0.15) is 5.60 Å². The summed E-state index contributed by atoms with van der Waals surface area (Å²) < 4.78 is 14.6. The normalized spacial score (nSPS) is 26.8. The molecule has 0 bridgehead atoms. The van der Waals surface area contributed by atoms with Crippen molar-refractivity contribution in [2.24, 2.45) is 0 Å². The number of amides is 2. The van der Waals surface area contributed by atoms with Gasteiger partial charge in [-0.1, -0.05) is 60.7 Å². The van der Waals surface area contributed by atoms with E-state index in [0.29, 0.717) is 25.9 Å². The molecule has 2 fully saturated rings. The van der Waals surface area contributed by atoms with Crippen LogP contribution in [0.3, 0.4) is 0 Å². The number of carbonyl (C=O) groups excluding carboxylic acids is 2. The SMILES string of the molecule is [2H][C@]1(c2ccccc2)CCN1C(=O)[C@]1(c2ccccc2)CCN1C(=O)OC(C)(C)C. The van der Waals surface area contributed by atoms with Crippen LogP contribution in [0.25, 0.3) is 0 Å². The van der Waals surface area contributed by atoms with Crippen molar-refractivity contribution in [3.63, 3.8) is 0 Å². The zero-order valence-corrected chi connectivity index (χ0v) is 17.2. The van der Waals surface area contributed by atoms with E-state index in [1.165, 1.54) is 4.90 Å². The fourth-order valence-electron chi connectivity index (χ4n) is 4.08. The van der Waals surface area contributed by atoms with E-state index in [4.69, 9.17) is 6.11 Å². The Morgan fingerprint density at radius 1 is 1.03 bits per heavy atom. The number of ether oxygens (including phenoxy) is 1. The summed E-state index contributed by atoms with van der Waals surface area (Å²) in [6.45, 7) is 6.39. The molecule has 4 rings (SSSR count). The van der Waals surface area contributed by atoms with Gasteiger partial charge in [-0.2, -0.15) is 0 Å². The molecule has 0 aliphatic carbocycles. The van der Waals surface area contributed by atoms with E-state index in [-0.39, 0.29) is 5.91 Å². The molecule has 2 aliphatic rings. The third-order valence-electron chi connectivity index (χ3n) is 5.63. The van der Waals surface area contributed by atoms with E-state index in [2.05, 4.69) is 0 Å². The minimum Gasteiger partial charge on any atom is -0.444 e. The first-order valence-corrected chi connectivity index (χ1v) is 10.1. The Morgan fingerprint density at radius 2 is 1.66 bits per heavy atom. The van der Waals surface area contributed by atoms with Gasteiger partial charge in [0.05, 0.1) is 7.39 Å². The minimum atomic E-state index is -1.13. The van der Waals surface area contributed by atoms with Crippen molar-refractivity contribution in [2.45, 2.75) is 50.8 Å². The second-order valence-electron chi connectivity index (χ2n) is 8.63. The zero-order chi connectivity index (χ0) is 21.6. The molecule has 2 aromatic carbocycles. The van der Waals surface area contributed by atoms with E-state index in [1.54, 1.807) is 4.90 Å². The molecule has 2 heterocycles. The number of carbonyl (C=O) groups is 2. The van der Waals surface area contributed by atoms with Crippen LogP contribution in [0, 0.1) is 0 Å². The number of likely N-dealkylation sites (tertiary alicyclic amines) is 2. The van der Waals surface area contributed by atoms with Crippen LogP contribution in [0.5, 0.6) is 0 Å². The monoisotopic (exact) mass is 393 g/mol. The van der Waals surface area contributed by atoms with Gasteiger partial charge in [0.2, 0.25) is 0 Å². The minimum absolute atomic E-state index is 0.212. The lowest BCUT2D eigenvalue weighted by Gasteiger charge is -2.55. The molecular formula is C24H28N2O3. The molecule has 0 N–H and O–H groups in total. The number of benzene rings is 2. The van der Waals surface area contributed by atoms with E-state index in [1.807, 2.05) is 81.4 Å². The molecule has 0 unspecified atom stereocenters. The summed E-state index contributed by atoms with van der Waals surface area (Å²) in [6, 6.07) is 17.7. The van der Waals surface area contributed by atoms with Crippen LogP contribution in [0.4, 0.5) is 4.79 Å². The van der Waals surface area contributed by atoms with E-state index < -0.39 is 23.3 Å². The van der Waals surface area contributed by atoms with Crippen LogP contribution in [0.1, 0.15) is 52.1 Å². The lowest BCUT2D eigenvalue weighted by atomic mass is 9.75. The van der Waals surface area contributed by atoms with E-state index in [9.17, 15) is 9.59 Å². The molecule has 0 saturated carbocycles. The molecule has 2 saturated heterocycles. The highest BCUT2D eigenvalue weighted by Gasteiger charge is 2.58. The van der Waals surface area contributed by atoms with E-state index >= 15 is 0 Å². The van der Waals surface area contributed by atoms with Crippen molar-refractivity contribution < 1.29 is 15.7 Å². The molecular weight excluding hydrogens is 364 g/mol. The molecule has 2 aliphatic heterocycles. The topological polar surface area (TPSA) is 49.9 Å². The molecule has 0 spiro atoms. The number of hydrogen-bond acceptors (Lipinski definition) is 3. The Labute approximate surface area is 173 Å². The summed E-state index contributed by atoms with van der Waals surface area (Å²) in [4.78, 5) is 30.1. The first-order valence-electron chi connectivity index (χ1n) is 10.6. The highest BCUT2D eigenvalue weighted by molar-refractivity contribution is 5.93. The Bertz CT molecular complexity index is 944. The van der Waals surface area contributed by atoms with Crippen LogP contribution < -0.4 is 0 Å². The first-order chi connectivity index (χ1) is 14.2. The highest BCUT2D eigenvalue weighted by atomic mass is 16.6. The molecule has 152 valence electrons. The zero-order valence-electron chi connectivity index (χ0n) is 18.2. The van der Waals surface area contributed by atoms with Gasteiger partial charge in [-0.3, -0.25) is 9.69 Å². The van der Waals surface area contributed by atoms with Gasteiger partial charge in [-0.25, -0.2) is 4.79 Å². The van der Waals surface area contributed by atoms with Crippen LogP contribution in [-0.4, -0.2) is 40.5 Å². The summed E-state index contributed by atoms with van der Waals surface area (Å²) in [5.74, 6) is -0.212. The highest BCUT2D eigenvalue weighted by Crippen LogP contribution is 2.46. The maximum absolute atomic E-state index is 14.0. The Morgan fingerprint density at radius 3 is 2.14 bits per heavy atom. The average Bonchev–Trinajstić information content (AvgIpc) is 2.66. The van der Waals surface area contributed by atoms with Crippen LogP contribution in [-0.2, 0) is 15.1 Å². The predicted molar refractivity (Wildman–Crippen MR) is 111 cm³/mol. The molecule has 5 heteroatoms. The molecule has 2 atom stereocenters. The summed E-state index contributed by atoms with van der Waals surface area (Å²) in [6.07, 6.45) is 0.582. The van der Waals surface area contributed by atoms with Gasteiger partial charge in [-0.15, -0.1) is 0 Å². The maximum atomic E-state index is 14.0. The quantitative estimate of drug-likeness (QED) is 0.772. The van der Waals surface area contributed by atoms with Crippen LogP contribution in [0.2, 0.25) is 0 Å².